The van der Waals surface area contributed by atoms with Gasteiger partial charge in [-0.25, -0.2) is 9.48 Å². The predicted octanol–water partition coefficient (Wildman–Crippen LogP) is 0.178. The molecule has 19 heavy (non-hydrogen) atoms. The van der Waals surface area contributed by atoms with Crippen LogP contribution in [0.4, 0.5) is 0 Å². The zero-order valence-electron chi connectivity index (χ0n) is 11.4. The Balaban J connectivity index is 2.28. The van der Waals surface area contributed by atoms with Crippen molar-refractivity contribution in [1.29, 1.82) is 0 Å². The van der Waals surface area contributed by atoms with E-state index in [1.54, 1.807) is 11.8 Å². The van der Waals surface area contributed by atoms with Crippen LogP contribution >= 0.6 is 0 Å². The van der Waals surface area contributed by atoms with E-state index in [-0.39, 0.29) is 0 Å². The lowest BCUT2D eigenvalue weighted by atomic mass is 9.93. The van der Waals surface area contributed by atoms with Gasteiger partial charge >= 0.3 is 5.97 Å². The highest BCUT2D eigenvalue weighted by Crippen LogP contribution is 2.27. The van der Waals surface area contributed by atoms with E-state index in [4.69, 9.17) is 9.47 Å². The number of carbonyl (C=O) groups is 1. The van der Waals surface area contributed by atoms with Gasteiger partial charge in [-0.15, -0.1) is 5.10 Å². The van der Waals surface area contributed by atoms with Crippen molar-refractivity contribution in [2.24, 2.45) is 0 Å². The maximum absolute atomic E-state index is 11.8. The van der Waals surface area contributed by atoms with E-state index in [9.17, 15) is 4.79 Å². The van der Waals surface area contributed by atoms with Gasteiger partial charge in [-0.1, -0.05) is 5.21 Å². The summed E-state index contributed by atoms with van der Waals surface area (Å²) in [5.74, 6) is -0.126. The fourth-order valence-corrected chi connectivity index (χ4v) is 2.40. The van der Waals surface area contributed by atoms with E-state index in [0.717, 1.165) is 31.6 Å². The standard InChI is InChI=1S/C12H20N4O3/c1-18-8-7-16-11(9-3-5-13-6-4-9)10(14-15-16)12(17)19-2/h9,13H,3-8H2,1-2H3. The van der Waals surface area contributed by atoms with Crippen molar-refractivity contribution in [2.75, 3.05) is 33.9 Å². The molecule has 1 fully saturated rings. The first-order chi connectivity index (χ1) is 9.27. The first kappa shape index (κ1) is 14.0. The maximum atomic E-state index is 11.8. The Labute approximate surface area is 112 Å². The highest BCUT2D eigenvalue weighted by atomic mass is 16.5. The largest absolute Gasteiger partial charge is 0.464 e. The van der Waals surface area contributed by atoms with Crippen LogP contribution in [0.3, 0.4) is 0 Å². The van der Waals surface area contributed by atoms with Crippen LogP contribution in [0.5, 0.6) is 0 Å². The summed E-state index contributed by atoms with van der Waals surface area (Å²) in [6, 6.07) is 0. The maximum Gasteiger partial charge on any atom is 0.360 e. The predicted molar refractivity (Wildman–Crippen MR) is 68.1 cm³/mol. The molecule has 0 radical (unpaired) electrons. The van der Waals surface area contributed by atoms with Gasteiger partial charge in [-0.2, -0.15) is 0 Å². The minimum atomic E-state index is -0.419. The van der Waals surface area contributed by atoms with E-state index >= 15 is 0 Å². The Morgan fingerprint density at radius 2 is 2.16 bits per heavy atom. The normalized spacial score (nSPS) is 16.5. The third kappa shape index (κ3) is 3.10. The Morgan fingerprint density at radius 3 is 2.79 bits per heavy atom. The Kier molecular flexibility index (Phi) is 4.86. The fraction of sp³-hybridized carbons (Fsp3) is 0.750. The lowest BCUT2D eigenvalue weighted by Gasteiger charge is -2.23. The van der Waals surface area contributed by atoms with Crippen molar-refractivity contribution < 1.29 is 14.3 Å². The molecule has 0 unspecified atom stereocenters. The summed E-state index contributed by atoms with van der Waals surface area (Å²) in [5, 5.41) is 11.4. The molecular weight excluding hydrogens is 248 g/mol. The van der Waals surface area contributed by atoms with Gasteiger partial charge < -0.3 is 14.8 Å². The fourth-order valence-electron chi connectivity index (χ4n) is 2.40. The number of hydrogen-bond acceptors (Lipinski definition) is 6. The number of rotatable bonds is 5. The molecule has 2 rings (SSSR count). The van der Waals surface area contributed by atoms with Crippen LogP contribution < -0.4 is 5.32 Å². The van der Waals surface area contributed by atoms with Crippen molar-refractivity contribution in [3.8, 4) is 0 Å². The summed E-state index contributed by atoms with van der Waals surface area (Å²) < 4.78 is 11.6. The van der Waals surface area contributed by atoms with E-state index < -0.39 is 5.97 Å². The average molecular weight is 268 g/mol. The van der Waals surface area contributed by atoms with Crippen LogP contribution in [0.25, 0.3) is 0 Å². The number of piperidine rings is 1. The number of aromatic nitrogens is 3. The number of methoxy groups -OCH3 is 2. The Hall–Kier alpha value is -1.47. The molecule has 1 aromatic rings. The third-order valence-electron chi connectivity index (χ3n) is 3.39. The molecule has 106 valence electrons. The first-order valence-corrected chi connectivity index (χ1v) is 6.49. The van der Waals surface area contributed by atoms with Crippen molar-refractivity contribution in [3.63, 3.8) is 0 Å². The van der Waals surface area contributed by atoms with Crippen molar-refractivity contribution >= 4 is 5.97 Å². The summed E-state index contributed by atoms with van der Waals surface area (Å²) in [7, 11) is 3.01. The first-order valence-electron chi connectivity index (χ1n) is 6.49. The molecular formula is C12H20N4O3. The minimum absolute atomic E-state index is 0.294. The Morgan fingerprint density at radius 1 is 1.42 bits per heavy atom. The van der Waals surface area contributed by atoms with E-state index in [0.29, 0.717) is 24.8 Å². The summed E-state index contributed by atoms with van der Waals surface area (Å²) in [4.78, 5) is 11.8. The highest BCUT2D eigenvalue weighted by molar-refractivity contribution is 5.88. The second-order valence-electron chi connectivity index (χ2n) is 4.56. The summed E-state index contributed by atoms with van der Waals surface area (Å²) in [6.45, 7) is 3.03. The zero-order chi connectivity index (χ0) is 13.7. The molecule has 1 aliphatic heterocycles. The molecule has 0 aromatic carbocycles. The van der Waals surface area contributed by atoms with Crippen LogP contribution in [0.15, 0.2) is 0 Å². The van der Waals surface area contributed by atoms with E-state index in [2.05, 4.69) is 15.6 Å². The average Bonchev–Trinajstić information content (AvgIpc) is 2.89. The van der Waals surface area contributed by atoms with Gasteiger partial charge in [-0.3, -0.25) is 0 Å². The van der Waals surface area contributed by atoms with Crippen LogP contribution in [0.2, 0.25) is 0 Å². The molecule has 0 amide bonds. The van der Waals surface area contributed by atoms with Gasteiger partial charge in [0.25, 0.3) is 0 Å². The number of nitrogens with zero attached hydrogens (tertiary/aromatic N) is 3. The monoisotopic (exact) mass is 268 g/mol. The van der Waals surface area contributed by atoms with E-state index in [1.807, 2.05) is 0 Å². The second-order valence-corrected chi connectivity index (χ2v) is 4.56. The number of nitrogens with one attached hydrogen (secondary N) is 1. The van der Waals surface area contributed by atoms with Gasteiger partial charge in [0.1, 0.15) is 0 Å². The molecule has 1 N–H and O–H groups in total. The van der Waals surface area contributed by atoms with Crippen molar-refractivity contribution in [2.45, 2.75) is 25.3 Å². The van der Waals surface area contributed by atoms with Crippen LogP contribution in [-0.2, 0) is 16.0 Å². The summed E-state index contributed by atoms with van der Waals surface area (Å²) in [6.07, 6.45) is 1.95. The number of esters is 1. The molecule has 7 heteroatoms. The molecule has 1 saturated heterocycles. The zero-order valence-corrected chi connectivity index (χ0v) is 11.4. The Bertz CT molecular complexity index is 427. The summed E-state index contributed by atoms with van der Waals surface area (Å²) >= 11 is 0. The third-order valence-corrected chi connectivity index (χ3v) is 3.39. The molecule has 2 heterocycles. The number of hydrogen-bond donors (Lipinski definition) is 1. The molecule has 0 bridgehead atoms. The van der Waals surface area contributed by atoms with Gasteiger partial charge in [0.15, 0.2) is 5.69 Å². The van der Waals surface area contributed by atoms with Crippen LogP contribution in [-0.4, -0.2) is 54.9 Å². The smallest absolute Gasteiger partial charge is 0.360 e. The minimum Gasteiger partial charge on any atom is -0.464 e. The van der Waals surface area contributed by atoms with Gasteiger partial charge in [-0.05, 0) is 25.9 Å². The molecule has 1 aromatic heterocycles. The highest BCUT2D eigenvalue weighted by Gasteiger charge is 2.28. The van der Waals surface area contributed by atoms with E-state index in [1.165, 1.54) is 7.11 Å². The molecule has 0 spiro atoms. The number of carbonyl (C=O) groups excluding carboxylic acids is 1. The number of ether oxygens (including phenoxy) is 2. The van der Waals surface area contributed by atoms with Gasteiger partial charge in [0, 0.05) is 13.0 Å². The SMILES string of the molecule is COCCn1nnc(C(=O)OC)c1C1CCNCC1. The summed E-state index contributed by atoms with van der Waals surface area (Å²) in [5.41, 5.74) is 1.22. The lowest BCUT2D eigenvalue weighted by molar-refractivity contribution is 0.0591. The molecule has 1 aliphatic rings. The van der Waals surface area contributed by atoms with Crippen LogP contribution in [0, 0.1) is 0 Å². The van der Waals surface area contributed by atoms with Crippen LogP contribution in [0.1, 0.15) is 34.9 Å². The molecule has 0 aliphatic carbocycles. The van der Waals surface area contributed by atoms with Crippen molar-refractivity contribution in [1.82, 2.24) is 20.3 Å². The lowest BCUT2D eigenvalue weighted by Crippen LogP contribution is -2.29. The molecule has 0 atom stereocenters. The quantitative estimate of drug-likeness (QED) is 0.767. The van der Waals surface area contributed by atoms with Gasteiger partial charge in [0.05, 0.1) is 26.0 Å². The van der Waals surface area contributed by atoms with Crippen molar-refractivity contribution in [3.05, 3.63) is 11.4 Å². The van der Waals surface area contributed by atoms with Gasteiger partial charge in [0.2, 0.25) is 0 Å². The second kappa shape index (κ2) is 6.63. The molecule has 0 saturated carbocycles. The molecule has 7 nitrogen and oxygen atoms in total. The topological polar surface area (TPSA) is 78.3 Å².